The molecular formula is C21H26Cl2N2OS. The number of nitrogens with zero attached hydrogens (tertiary/aromatic N) is 2. The van der Waals surface area contributed by atoms with Crippen LogP contribution in [0.5, 0.6) is 0 Å². The van der Waals surface area contributed by atoms with Crippen LogP contribution < -0.4 is 4.90 Å². The molecule has 0 amide bonds. The van der Waals surface area contributed by atoms with E-state index in [2.05, 4.69) is 53.2 Å². The molecule has 0 aromatic heterocycles. The van der Waals surface area contributed by atoms with E-state index in [0.717, 1.165) is 37.7 Å². The molecule has 0 saturated carbocycles. The van der Waals surface area contributed by atoms with Crippen LogP contribution in [0.15, 0.2) is 52.3 Å². The van der Waals surface area contributed by atoms with E-state index in [1.807, 2.05) is 17.8 Å². The number of para-hydroxylation sites is 1. The molecule has 0 radical (unpaired) electrons. The zero-order valence-electron chi connectivity index (χ0n) is 15.8. The Hall–Kier alpha value is -0.910. The molecule has 1 atom stereocenters. The monoisotopic (exact) mass is 424 g/mol. The second-order valence-electron chi connectivity index (χ2n) is 7.50. The van der Waals surface area contributed by atoms with E-state index in [9.17, 15) is 0 Å². The quantitative estimate of drug-likeness (QED) is 0.608. The second kappa shape index (κ2) is 8.62. The molecule has 2 aromatic carbocycles. The Kier molecular flexibility index (Phi) is 6.65. The lowest BCUT2D eigenvalue weighted by Crippen LogP contribution is -2.39. The zero-order chi connectivity index (χ0) is 18.1. The molecule has 0 N–H and O–H groups in total. The summed E-state index contributed by atoms with van der Waals surface area (Å²) in [6.07, 6.45) is 2.28. The van der Waals surface area contributed by atoms with Crippen LogP contribution in [-0.4, -0.2) is 45.3 Å². The molecule has 27 heavy (non-hydrogen) atoms. The van der Waals surface area contributed by atoms with E-state index in [4.69, 9.17) is 16.3 Å². The van der Waals surface area contributed by atoms with Gasteiger partial charge in [0.25, 0.3) is 0 Å². The number of hydrogen-bond donors (Lipinski definition) is 0. The molecule has 0 bridgehead atoms. The number of anilines is 2. The van der Waals surface area contributed by atoms with Crippen molar-refractivity contribution in [1.29, 1.82) is 0 Å². The first-order valence-electron chi connectivity index (χ1n) is 9.12. The maximum absolute atomic E-state index is 6.36. The molecule has 1 unspecified atom stereocenters. The van der Waals surface area contributed by atoms with Crippen molar-refractivity contribution < 1.29 is 4.74 Å². The second-order valence-corrected chi connectivity index (χ2v) is 9.02. The highest BCUT2D eigenvalue weighted by Gasteiger charge is 2.39. The minimum absolute atomic E-state index is 0. The van der Waals surface area contributed by atoms with E-state index < -0.39 is 0 Å². The molecule has 2 aromatic rings. The molecule has 6 heteroatoms. The average molecular weight is 425 g/mol. The Bertz CT molecular complexity index is 804. The number of halogens is 2. The summed E-state index contributed by atoms with van der Waals surface area (Å²) in [7, 11) is 4.02. The van der Waals surface area contributed by atoms with Gasteiger partial charge in [-0.15, -0.1) is 12.4 Å². The molecular weight excluding hydrogens is 399 g/mol. The van der Waals surface area contributed by atoms with Gasteiger partial charge in [0.1, 0.15) is 0 Å². The van der Waals surface area contributed by atoms with Crippen LogP contribution in [0, 0.1) is 5.41 Å². The van der Waals surface area contributed by atoms with E-state index in [1.54, 1.807) is 7.11 Å². The highest BCUT2D eigenvalue weighted by atomic mass is 35.5. The number of hydrogen-bond acceptors (Lipinski definition) is 4. The largest absolute Gasteiger partial charge is 0.385 e. The minimum atomic E-state index is 0. The van der Waals surface area contributed by atoms with Gasteiger partial charge in [-0.2, -0.15) is 0 Å². The first-order chi connectivity index (χ1) is 12.6. The number of fused-ring (bicyclic) bond motifs is 2. The molecule has 0 aliphatic carbocycles. The summed E-state index contributed by atoms with van der Waals surface area (Å²) in [5.41, 5.74) is 2.76. The van der Waals surface area contributed by atoms with Gasteiger partial charge in [-0.25, -0.2) is 0 Å². The van der Waals surface area contributed by atoms with Crippen molar-refractivity contribution in [2.45, 2.75) is 22.6 Å². The number of rotatable bonds is 5. The number of benzene rings is 2. The van der Waals surface area contributed by atoms with Crippen LogP contribution in [0.2, 0.25) is 5.02 Å². The third-order valence-electron chi connectivity index (χ3n) is 5.55. The summed E-state index contributed by atoms with van der Waals surface area (Å²) in [6, 6.07) is 14.9. The predicted molar refractivity (Wildman–Crippen MR) is 117 cm³/mol. The highest BCUT2D eigenvalue weighted by Crippen LogP contribution is 2.50. The van der Waals surface area contributed by atoms with E-state index in [1.165, 1.54) is 27.6 Å². The highest BCUT2D eigenvalue weighted by molar-refractivity contribution is 7.99. The molecule has 0 spiro atoms. The lowest BCUT2D eigenvalue weighted by atomic mass is 9.82. The molecule has 146 valence electrons. The fourth-order valence-electron chi connectivity index (χ4n) is 4.20. The van der Waals surface area contributed by atoms with Gasteiger partial charge in [-0.3, -0.25) is 0 Å². The van der Waals surface area contributed by atoms with Crippen molar-refractivity contribution in [3.63, 3.8) is 0 Å². The standard InChI is InChI=1S/C21H25ClN2OS.ClH/c1-23-11-9-21(14-23,10-12-25-2)15-24-17-5-3-4-6-19(17)26-20-8-7-16(22)13-18(20)24;/h3-8,13H,9-12,14-15H2,1-2H3;1H. The molecule has 1 saturated heterocycles. The lowest BCUT2D eigenvalue weighted by Gasteiger charge is -2.40. The Balaban J connectivity index is 0.00000210. The molecule has 2 aliphatic heterocycles. The fourth-order valence-corrected chi connectivity index (χ4v) is 5.44. The van der Waals surface area contributed by atoms with Gasteiger partial charge in [-0.05, 0) is 56.8 Å². The average Bonchev–Trinajstić information content (AvgIpc) is 3.01. The molecule has 2 aliphatic rings. The number of likely N-dealkylation sites (tertiary alicyclic amines) is 1. The predicted octanol–water partition coefficient (Wildman–Crippen LogP) is 5.72. The first kappa shape index (κ1) is 20.8. The van der Waals surface area contributed by atoms with Crippen LogP contribution in [0.1, 0.15) is 12.8 Å². The van der Waals surface area contributed by atoms with Crippen LogP contribution in [0.25, 0.3) is 0 Å². The van der Waals surface area contributed by atoms with Crippen molar-refractivity contribution in [2.24, 2.45) is 5.41 Å². The van der Waals surface area contributed by atoms with Gasteiger partial charge in [-0.1, -0.05) is 35.5 Å². The van der Waals surface area contributed by atoms with E-state index >= 15 is 0 Å². The number of ether oxygens (including phenoxy) is 1. The lowest BCUT2D eigenvalue weighted by molar-refractivity contribution is 0.141. The SMILES string of the molecule is COCCC1(CN2c3ccccc3Sc3ccc(Cl)cc32)CCN(C)C1.Cl. The van der Waals surface area contributed by atoms with Gasteiger partial charge in [0.15, 0.2) is 0 Å². The molecule has 2 heterocycles. The minimum Gasteiger partial charge on any atom is -0.385 e. The normalized spacial score (nSPS) is 21.5. The topological polar surface area (TPSA) is 15.7 Å². The Morgan fingerprint density at radius 3 is 2.67 bits per heavy atom. The van der Waals surface area contributed by atoms with Crippen molar-refractivity contribution in [1.82, 2.24) is 4.90 Å². The summed E-state index contributed by atoms with van der Waals surface area (Å²) in [4.78, 5) is 7.53. The third kappa shape index (κ3) is 4.25. The summed E-state index contributed by atoms with van der Waals surface area (Å²) in [6.45, 7) is 4.06. The maximum Gasteiger partial charge on any atom is 0.0567 e. The smallest absolute Gasteiger partial charge is 0.0567 e. The Labute approximate surface area is 177 Å². The molecule has 1 fully saturated rings. The summed E-state index contributed by atoms with van der Waals surface area (Å²) in [5, 5.41) is 0.795. The van der Waals surface area contributed by atoms with Crippen molar-refractivity contribution in [2.75, 3.05) is 45.3 Å². The van der Waals surface area contributed by atoms with Crippen LogP contribution in [-0.2, 0) is 4.74 Å². The van der Waals surface area contributed by atoms with Gasteiger partial charge in [0.2, 0.25) is 0 Å². The summed E-state index contributed by atoms with van der Waals surface area (Å²) in [5.74, 6) is 0. The van der Waals surface area contributed by atoms with Gasteiger partial charge in [0.05, 0.1) is 11.4 Å². The van der Waals surface area contributed by atoms with Crippen LogP contribution >= 0.6 is 35.8 Å². The summed E-state index contributed by atoms with van der Waals surface area (Å²) >= 11 is 8.20. The maximum atomic E-state index is 6.36. The molecule has 3 nitrogen and oxygen atoms in total. The van der Waals surface area contributed by atoms with Gasteiger partial charge < -0.3 is 14.5 Å². The van der Waals surface area contributed by atoms with Crippen molar-refractivity contribution >= 4 is 47.1 Å². The summed E-state index contributed by atoms with van der Waals surface area (Å²) < 4.78 is 5.45. The third-order valence-corrected chi connectivity index (χ3v) is 6.91. The first-order valence-corrected chi connectivity index (χ1v) is 10.3. The Morgan fingerprint density at radius 1 is 1.15 bits per heavy atom. The zero-order valence-corrected chi connectivity index (χ0v) is 18.2. The van der Waals surface area contributed by atoms with E-state index in [-0.39, 0.29) is 17.8 Å². The van der Waals surface area contributed by atoms with Crippen LogP contribution in [0.4, 0.5) is 11.4 Å². The fraction of sp³-hybridized carbons (Fsp3) is 0.429. The van der Waals surface area contributed by atoms with Crippen molar-refractivity contribution in [3.05, 3.63) is 47.5 Å². The van der Waals surface area contributed by atoms with Crippen LogP contribution in [0.3, 0.4) is 0 Å². The van der Waals surface area contributed by atoms with Gasteiger partial charge >= 0.3 is 0 Å². The molecule has 4 rings (SSSR count). The van der Waals surface area contributed by atoms with Gasteiger partial charge in [0, 0.05) is 47.0 Å². The van der Waals surface area contributed by atoms with E-state index in [0.29, 0.717) is 0 Å². The number of methoxy groups -OCH3 is 1. The Morgan fingerprint density at radius 2 is 1.93 bits per heavy atom. The van der Waals surface area contributed by atoms with Crippen molar-refractivity contribution in [3.8, 4) is 0 Å².